The van der Waals surface area contributed by atoms with Gasteiger partial charge in [0, 0.05) is 19.2 Å². The van der Waals surface area contributed by atoms with Crippen molar-refractivity contribution < 1.29 is 14.3 Å². The van der Waals surface area contributed by atoms with Gasteiger partial charge in [0.1, 0.15) is 11.6 Å². The van der Waals surface area contributed by atoms with Crippen molar-refractivity contribution in [2.75, 3.05) is 26.2 Å². The minimum atomic E-state index is -0.713. The maximum absolute atomic E-state index is 13.4. The Morgan fingerprint density at radius 1 is 1.39 bits per heavy atom. The lowest BCUT2D eigenvalue weighted by molar-refractivity contribution is 0.0945. The van der Waals surface area contributed by atoms with Crippen LogP contribution in [0.5, 0.6) is 5.75 Å². The zero-order valence-electron chi connectivity index (χ0n) is 10.7. The summed E-state index contributed by atoms with van der Waals surface area (Å²) in [5.74, 6) is -1.36. The van der Waals surface area contributed by atoms with Gasteiger partial charge in [-0.1, -0.05) is 13.8 Å². The minimum absolute atomic E-state index is 0.0488. The predicted molar refractivity (Wildman–Crippen MR) is 68.2 cm³/mol. The van der Waals surface area contributed by atoms with Gasteiger partial charge < -0.3 is 15.3 Å². The van der Waals surface area contributed by atoms with Gasteiger partial charge in [-0.3, -0.25) is 4.79 Å². The molecule has 1 aromatic carbocycles. The van der Waals surface area contributed by atoms with Crippen LogP contribution in [0.4, 0.5) is 4.39 Å². The second-order valence-electron chi connectivity index (χ2n) is 3.95. The number of hydrogen-bond acceptors (Lipinski definition) is 3. The summed E-state index contributed by atoms with van der Waals surface area (Å²) in [6.45, 7) is 7.13. The van der Waals surface area contributed by atoms with E-state index in [1.165, 1.54) is 12.1 Å². The highest BCUT2D eigenvalue weighted by molar-refractivity contribution is 5.94. The molecule has 0 saturated heterocycles. The fourth-order valence-corrected chi connectivity index (χ4v) is 1.65. The van der Waals surface area contributed by atoms with E-state index in [0.29, 0.717) is 6.54 Å². The molecule has 0 aliphatic carbocycles. The standard InChI is InChI=1S/C13H19FN2O2/c1-3-16(4-2)8-7-15-13(18)11-6-5-10(17)9-12(11)14/h5-6,9,17H,3-4,7-8H2,1-2H3,(H,15,18). The number of halogens is 1. The molecule has 0 saturated carbocycles. The number of aromatic hydroxyl groups is 1. The summed E-state index contributed by atoms with van der Waals surface area (Å²) in [5.41, 5.74) is -0.0488. The second-order valence-corrected chi connectivity index (χ2v) is 3.95. The summed E-state index contributed by atoms with van der Waals surface area (Å²) >= 11 is 0. The molecule has 0 radical (unpaired) electrons. The van der Waals surface area contributed by atoms with E-state index in [1.807, 2.05) is 13.8 Å². The summed E-state index contributed by atoms with van der Waals surface area (Å²) in [6, 6.07) is 3.50. The average molecular weight is 254 g/mol. The molecule has 0 aliphatic heterocycles. The Morgan fingerprint density at radius 2 is 2.06 bits per heavy atom. The van der Waals surface area contributed by atoms with Crippen LogP contribution in [0, 0.1) is 5.82 Å². The molecule has 0 atom stereocenters. The van der Waals surface area contributed by atoms with Crippen LogP contribution in [-0.4, -0.2) is 42.1 Å². The van der Waals surface area contributed by atoms with Crippen molar-refractivity contribution in [2.24, 2.45) is 0 Å². The van der Waals surface area contributed by atoms with Crippen molar-refractivity contribution in [3.8, 4) is 5.75 Å². The van der Waals surface area contributed by atoms with Gasteiger partial charge in [-0.2, -0.15) is 0 Å². The molecule has 0 bridgehead atoms. The van der Waals surface area contributed by atoms with Crippen LogP contribution in [-0.2, 0) is 0 Å². The summed E-state index contributed by atoms with van der Waals surface area (Å²) < 4.78 is 13.4. The third-order valence-electron chi connectivity index (χ3n) is 2.81. The second kappa shape index (κ2) is 6.96. The molecule has 1 aromatic rings. The molecular weight excluding hydrogens is 235 g/mol. The lowest BCUT2D eigenvalue weighted by Gasteiger charge is -2.18. The van der Waals surface area contributed by atoms with E-state index in [1.54, 1.807) is 0 Å². The number of rotatable bonds is 6. The summed E-state index contributed by atoms with van der Waals surface area (Å²) in [7, 11) is 0. The minimum Gasteiger partial charge on any atom is -0.508 e. The smallest absolute Gasteiger partial charge is 0.254 e. The summed E-state index contributed by atoms with van der Waals surface area (Å²) in [5, 5.41) is 11.7. The Kier molecular flexibility index (Phi) is 5.58. The Hall–Kier alpha value is -1.62. The fourth-order valence-electron chi connectivity index (χ4n) is 1.65. The van der Waals surface area contributed by atoms with Gasteiger partial charge in [-0.05, 0) is 25.2 Å². The van der Waals surface area contributed by atoms with Crippen molar-refractivity contribution in [1.82, 2.24) is 10.2 Å². The van der Waals surface area contributed by atoms with E-state index >= 15 is 0 Å². The zero-order chi connectivity index (χ0) is 13.5. The quantitative estimate of drug-likeness (QED) is 0.810. The highest BCUT2D eigenvalue weighted by Gasteiger charge is 2.11. The highest BCUT2D eigenvalue weighted by Crippen LogP contribution is 2.14. The fraction of sp³-hybridized carbons (Fsp3) is 0.462. The lowest BCUT2D eigenvalue weighted by atomic mass is 10.2. The van der Waals surface area contributed by atoms with Gasteiger partial charge in [0.25, 0.3) is 5.91 Å². The van der Waals surface area contributed by atoms with Gasteiger partial charge in [-0.15, -0.1) is 0 Å². The topological polar surface area (TPSA) is 52.6 Å². The SMILES string of the molecule is CCN(CC)CCNC(=O)c1ccc(O)cc1F. The molecular formula is C13H19FN2O2. The molecule has 100 valence electrons. The Bertz CT molecular complexity index is 406. The largest absolute Gasteiger partial charge is 0.508 e. The number of nitrogens with zero attached hydrogens (tertiary/aromatic N) is 1. The molecule has 0 fully saturated rings. The van der Waals surface area contributed by atoms with Crippen LogP contribution >= 0.6 is 0 Å². The van der Waals surface area contributed by atoms with E-state index in [9.17, 15) is 9.18 Å². The van der Waals surface area contributed by atoms with Crippen molar-refractivity contribution in [3.05, 3.63) is 29.6 Å². The van der Waals surface area contributed by atoms with Crippen molar-refractivity contribution in [1.29, 1.82) is 0 Å². The average Bonchev–Trinajstić information content (AvgIpc) is 2.34. The van der Waals surface area contributed by atoms with Crippen LogP contribution in [0.2, 0.25) is 0 Å². The lowest BCUT2D eigenvalue weighted by Crippen LogP contribution is -2.35. The van der Waals surface area contributed by atoms with E-state index < -0.39 is 11.7 Å². The van der Waals surface area contributed by atoms with Gasteiger partial charge in [-0.25, -0.2) is 4.39 Å². The first-order valence-corrected chi connectivity index (χ1v) is 6.07. The summed E-state index contributed by atoms with van der Waals surface area (Å²) in [6.07, 6.45) is 0. The molecule has 0 unspecified atom stereocenters. The predicted octanol–water partition coefficient (Wildman–Crippen LogP) is 1.60. The number of likely N-dealkylation sites (N-methyl/N-ethyl adjacent to an activating group) is 1. The zero-order valence-corrected chi connectivity index (χ0v) is 10.7. The van der Waals surface area contributed by atoms with Crippen molar-refractivity contribution in [3.63, 3.8) is 0 Å². The molecule has 0 aliphatic rings. The molecule has 1 amide bonds. The number of phenolic OH excluding ortho intramolecular Hbond substituents is 1. The van der Waals surface area contributed by atoms with Crippen molar-refractivity contribution >= 4 is 5.91 Å². The number of hydrogen-bond donors (Lipinski definition) is 2. The van der Waals surface area contributed by atoms with E-state index in [0.717, 1.165) is 25.7 Å². The third-order valence-corrected chi connectivity index (χ3v) is 2.81. The number of phenols is 1. The monoisotopic (exact) mass is 254 g/mol. The first-order valence-electron chi connectivity index (χ1n) is 6.07. The number of amides is 1. The third kappa shape index (κ3) is 4.00. The van der Waals surface area contributed by atoms with E-state index in [-0.39, 0.29) is 11.3 Å². The maximum atomic E-state index is 13.4. The first kappa shape index (κ1) is 14.4. The first-order chi connectivity index (χ1) is 8.58. The molecule has 0 aromatic heterocycles. The molecule has 5 heteroatoms. The van der Waals surface area contributed by atoms with Crippen LogP contribution in [0.25, 0.3) is 0 Å². The molecule has 0 spiro atoms. The maximum Gasteiger partial charge on any atom is 0.254 e. The molecule has 18 heavy (non-hydrogen) atoms. The Labute approximate surface area is 106 Å². The Balaban J connectivity index is 2.50. The number of carbonyl (C=O) groups is 1. The van der Waals surface area contributed by atoms with Crippen LogP contribution in [0.15, 0.2) is 18.2 Å². The Morgan fingerprint density at radius 3 is 2.61 bits per heavy atom. The van der Waals surface area contributed by atoms with Crippen molar-refractivity contribution in [2.45, 2.75) is 13.8 Å². The van der Waals surface area contributed by atoms with Crippen LogP contribution < -0.4 is 5.32 Å². The van der Waals surface area contributed by atoms with Gasteiger partial charge in [0.05, 0.1) is 5.56 Å². The van der Waals surface area contributed by atoms with Gasteiger partial charge >= 0.3 is 0 Å². The molecule has 1 rings (SSSR count). The highest BCUT2D eigenvalue weighted by atomic mass is 19.1. The number of nitrogens with one attached hydrogen (secondary N) is 1. The van der Waals surface area contributed by atoms with Gasteiger partial charge in [0.2, 0.25) is 0 Å². The van der Waals surface area contributed by atoms with Crippen LogP contribution in [0.3, 0.4) is 0 Å². The van der Waals surface area contributed by atoms with E-state index in [2.05, 4.69) is 10.2 Å². The van der Waals surface area contributed by atoms with Crippen LogP contribution in [0.1, 0.15) is 24.2 Å². The molecule has 4 nitrogen and oxygen atoms in total. The normalized spacial score (nSPS) is 10.7. The number of carbonyl (C=O) groups excluding carboxylic acids is 1. The molecule has 2 N–H and O–H groups in total. The summed E-state index contributed by atoms with van der Waals surface area (Å²) in [4.78, 5) is 13.8. The van der Waals surface area contributed by atoms with E-state index in [4.69, 9.17) is 5.11 Å². The molecule has 0 heterocycles. The van der Waals surface area contributed by atoms with Gasteiger partial charge in [0.15, 0.2) is 0 Å². The number of benzene rings is 1.